The Hall–Kier alpha value is -8.67. The van der Waals surface area contributed by atoms with Crippen molar-refractivity contribution in [2.75, 3.05) is 4.90 Å². The smallest absolute Gasteiger partial charge is 0.164 e. The van der Waals surface area contributed by atoms with Crippen molar-refractivity contribution in [3.8, 4) is 56.4 Å². The number of hydrogen-bond acceptors (Lipinski definition) is 5. The number of anilines is 3. The van der Waals surface area contributed by atoms with Gasteiger partial charge in [-0.2, -0.15) is 0 Å². The second-order valence-corrected chi connectivity index (χ2v) is 16.0. The highest BCUT2D eigenvalue weighted by Gasteiger charge is 2.24. The van der Waals surface area contributed by atoms with Gasteiger partial charge in [0.15, 0.2) is 23.1 Å². The van der Waals surface area contributed by atoms with E-state index >= 15 is 0 Å². The highest BCUT2D eigenvalue weighted by atomic mass is 16.3. The van der Waals surface area contributed by atoms with E-state index in [-0.39, 0.29) is 0 Å². The maximum absolute atomic E-state index is 7.13. The number of nitrogens with zero attached hydrogens (tertiary/aromatic N) is 4. The van der Waals surface area contributed by atoms with E-state index < -0.39 is 0 Å². The van der Waals surface area contributed by atoms with Gasteiger partial charge in [0.1, 0.15) is 5.58 Å². The topological polar surface area (TPSA) is 55.1 Å². The molecule has 0 saturated carbocycles. The first-order chi connectivity index (χ1) is 31.7. The van der Waals surface area contributed by atoms with Crippen molar-refractivity contribution in [2.45, 2.75) is 0 Å². The molecule has 0 fully saturated rings. The molecule has 10 aromatic carbocycles. The Morgan fingerprint density at radius 2 is 0.750 bits per heavy atom. The van der Waals surface area contributed by atoms with Crippen LogP contribution in [0.5, 0.6) is 0 Å². The van der Waals surface area contributed by atoms with E-state index in [1.165, 1.54) is 11.1 Å². The first-order valence-electron chi connectivity index (χ1n) is 21.5. The Labute approximate surface area is 370 Å². The lowest BCUT2D eigenvalue weighted by Gasteiger charge is -2.27. The predicted octanol–water partition coefficient (Wildman–Crippen LogP) is 15.9. The summed E-state index contributed by atoms with van der Waals surface area (Å²) in [6.45, 7) is 0. The summed E-state index contributed by atoms with van der Waals surface area (Å²) < 4.78 is 7.13. The minimum absolute atomic E-state index is 0.573. The van der Waals surface area contributed by atoms with Gasteiger partial charge in [0.25, 0.3) is 0 Å². The van der Waals surface area contributed by atoms with Crippen LogP contribution in [-0.2, 0) is 0 Å². The van der Waals surface area contributed by atoms with E-state index in [2.05, 4.69) is 205 Å². The van der Waals surface area contributed by atoms with Gasteiger partial charge in [0, 0.05) is 44.2 Å². The van der Waals surface area contributed by atoms with Gasteiger partial charge in [-0.25, -0.2) is 15.0 Å². The SMILES string of the molecule is c1ccc(-c2ccc(N(c3ccc(-c4ccccc4)cc3)c3c4ccccc4cc4c3oc3cc(-c5nc(-c6ccccc6)nc(-c6ccc7ccccc7c6)n5)ccc34)cc2)cc1. The number of furan rings is 1. The van der Waals surface area contributed by atoms with Gasteiger partial charge in [0.05, 0.1) is 5.69 Å². The van der Waals surface area contributed by atoms with E-state index in [0.717, 1.165) is 88.4 Å². The molecule has 0 spiro atoms. The van der Waals surface area contributed by atoms with Gasteiger partial charge < -0.3 is 9.32 Å². The molecule has 5 heteroatoms. The van der Waals surface area contributed by atoms with Crippen LogP contribution >= 0.6 is 0 Å². The second kappa shape index (κ2) is 15.7. The third-order valence-corrected chi connectivity index (χ3v) is 12.1. The number of aromatic nitrogens is 3. The Kier molecular flexibility index (Phi) is 9.08. The molecule has 0 saturated heterocycles. The summed E-state index contributed by atoms with van der Waals surface area (Å²) in [7, 11) is 0. The molecule has 0 amide bonds. The molecule has 0 bridgehead atoms. The Bertz CT molecular complexity index is 3560. The number of hydrogen-bond donors (Lipinski definition) is 0. The summed E-state index contributed by atoms with van der Waals surface area (Å²) in [6.07, 6.45) is 0. The maximum Gasteiger partial charge on any atom is 0.164 e. The molecule has 0 aliphatic rings. The molecule has 64 heavy (non-hydrogen) atoms. The van der Waals surface area contributed by atoms with Gasteiger partial charge in [-0.05, 0) is 86.9 Å². The highest BCUT2D eigenvalue weighted by molar-refractivity contribution is 6.19. The molecule has 0 unspecified atom stereocenters. The molecule has 5 nitrogen and oxygen atoms in total. The van der Waals surface area contributed by atoms with Crippen molar-refractivity contribution >= 4 is 60.5 Å². The highest BCUT2D eigenvalue weighted by Crippen LogP contribution is 2.47. The normalized spacial score (nSPS) is 11.4. The molecule has 0 aliphatic heterocycles. The molecular weight excluding hydrogens is 781 g/mol. The molecule has 0 N–H and O–H groups in total. The van der Waals surface area contributed by atoms with Gasteiger partial charge in [-0.3, -0.25) is 0 Å². The second-order valence-electron chi connectivity index (χ2n) is 16.0. The minimum Gasteiger partial charge on any atom is -0.454 e. The number of benzene rings is 10. The maximum atomic E-state index is 7.13. The fourth-order valence-corrected chi connectivity index (χ4v) is 8.87. The fraction of sp³-hybridized carbons (Fsp3) is 0. The summed E-state index contributed by atoms with van der Waals surface area (Å²) in [5.41, 5.74) is 11.9. The summed E-state index contributed by atoms with van der Waals surface area (Å²) in [4.78, 5) is 17.6. The Morgan fingerprint density at radius 1 is 0.297 bits per heavy atom. The monoisotopic (exact) mass is 818 g/mol. The van der Waals surface area contributed by atoms with Crippen molar-refractivity contribution < 1.29 is 4.42 Å². The van der Waals surface area contributed by atoms with Crippen LogP contribution in [-0.4, -0.2) is 15.0 Å². The molecule has 2 aromatic heterocycles. The molecule has 0 atom stereocenters. The van der Waals surface area contributed by atoms with Crippen LogP contribution in [0.3, 0.4) is 0 Å². The predicted molar refractivity (Wildman–Crippen MR) is 264 cm³/mol. The fourth-order valence-electron chi connectivity index (χ4n) is 8.87. The van der Waals surface area contributed by atoms with Crippen molar-refractivity contribution in [2.24, 2.45) is 0 Å². The Balaban J connectivity index is 1.04. The van der Waals surface area contributed by atoms with E-state index in [9.17, 15) is 0 Å². The third kappa shape index (κ3) is 6.73. The van der Waals surface area contributed by atoms with Crippen LogP contribution in [0.2, 0.25) is 0 Å². The van der Waals surface area contributed by atoms with Gasteiger partial charge in [-0.15, -0.1) is 0 Å². The van der Waals surface area contributed by atoms with Crippen LogP contribution in [0.25, 0.3) is 99.9 Å². The molecule has 0 radical (unpaired) electrons. The standard InChI is InChI=1S/C59H38N4O/c1-4-14-39(15-5-1)42-26-31-49(32-27-42)63(50-33-28-43(29-34-50)40-16-6-2-7-17-40)55-51-23-13-12-22-46(51)37-53-52-35-30-48(38-54(52)64-56(53)55)59-61-57(44-19-8-3-9-20-44)60-58(62-59)47-25-24-41-18-10-11-21-45(41)36-47/h1-38H. The van der Waals surface area contributed by atoms with Crippen molar-refractivity contribution in [1.29, 1.82) is 0 Å². The lowest BCUT2D eigenvalue weighted by Crippen LogP contribution is -2.11. The van der Waals surface area contributed by atoms with Crippen LogP contribution in [0.4, 0.5) is 17.1 Å². The number of fused-ring (bicyclic) bond motifs is 5. The average molecular weight is 819 g/mol. The van der Waals surface area contributed by atoms with Gasteiger partial charge >= 0.3 is 0 Å². The summed E-state index contributed by atoms with van der Waals surface area (Å²) >= 11 is 0. The zero-order chi connectivity index (χ0) is 42.4. The first-order valence-corrected chi connectivity index (χ1v) is 21.5. The van der Waals surface area contributed by atoms with Crippen LogP contribution < -0.4 is 4.90 Å². The van der Waals surface area contributed by atoms with Gasteiger partial charge in [0.2, 0.25) is 0 Å². The Morgan fingerprint density at radius 3 is 1.36 bits per heavy atom. The van der Waals surface area contributed by atoms with Crippen molar-refractivity contribution in [3.05, 3.63) is 231 Å². The van der Waals surface area contributed by atoms with Crippen molar-refractivity contribution in [1.82, 2.24) is 15.0 Å². The van der Waals surface area contributed by atoms with E-state index in [1.807, 2.05) is 30.3 Å². The van der Waals surface area contributed by atoms with Crippen LogP contribution in [0, 0.1) is 0 Å². The van der Waals surface area contributed by atoms with Crippen molar-refractivity contribution in [3.63, 3.8) is 0 Å². The van der Waals surface area contributed by atoms with Crippen LogP contribution in [0.1, 0.15) is 0 Å². The van der Waals surface area contributed by atoms with E-state index in [1.54, 1.807) is 0 Å². The lowest BCUT2D eigenvalue weighted by molar-refractivity contribution is 0.669. The van der Waals surface area contributed by atoms with E-state index in [4.69, 9.17) is 19.4 Å². The molecule has 12 rings (SSSR count). The molecular formula is C59H38N4O. The third-order valence-electron chi connectivity index (χ3n) is 12.1. The molecule has 2 heterocycles. The summed E-state index contributed by atoms with van der Waals surface area (Å²) in [5, 5.41) is 6.53. The largest absolute Gasteiger partial charge is 0.454 e. The van der Waals surface area contributed by atoms with Gasteiger partial charge in [-0.1, -0.05) is 182 Å². The van der Waals surface area contributed by atoms with Crippen LogP contribution in [0.15, 0.2) is 235 Å². The molecule has 0 aliphatic carbocycles. The first kappa shape index (κ1) is 37.1. The number of rotatable bonds is 8. The zero-order valence-electron chi connectivity index (χ0n) is 34.6. The summed E-state index contributed by atoms with van der Waals surface area (Å²) in [5.74, 6) is 1.79. The minimum atomic E-state index is 0.573. The quantitative estimate of drug-likeness (QED) is 0.153. The average Bonchev–Trinajstić information content (AvgIpc) is 3.74. The summed E-state index contributed by atoms with van der Waals surface area (Å²) in [6, 6.07) is 80.6. The molecule has 300 valence electrons. The zero-order valence-corrected chi connectivity index (χ0v) is 34.6. The lowest BCUT2D eigenvalue weighted by atomic mass is 10.00. The molecule has 12 aromatic rings. The van der Waals surface area contributed by atoms with E-state index in [0.29, 0.717) is 17.5 Å².